The van der Waals surface area contributed by atoms with Crippen LogP contribution in [0.25, 0.3) is 0 Å². The van der Waals surface area contributed by atoms with Gasteiger partial charge < -0.3 is 9.84 Å². The molecule has 1 unspecified atom stereocenters. The van der Waals surface area contributed by atoms with Crippen molar-refractivity contribution in [2.75, 3.05) is 6.61 Å². The monoisotopic (exact) mass is 237 g/mol. The van der Waals surface area contributed by atoms with E-state index < -0.39 is 11.9 Å². The van der Waals surface area contributed by atoms with E-state index in [-0.39, 0.29) is 23.9 Å². The number of aliphatic imine (C=N–C) groups is 1. The molecule has 1 aliphatic heterocycles. The van der Waals surface area contributed by atoms with Gasteiger partial charge in [-0.05, 0) is 26.2 Å². The smallest absolute Gasteiger partial charge is 0.347 e. The zero-order chi connectivity index (χ0) is 12.4. The van der Waals surface area contributed by atoms with Crippen molar-refractivity contribution in [3.8, 4) is 0 Å². The second-order valence-corrected chi connectivity index (χ2v) is 4.19. The lowest BCUT2D eigenvalue weighted by molar-refractivity contribution is -0.140. The number of esters is 1. The molecule has 1 N–H and O–H groups in total. The Balaban J connectivity index is 2.31. The third kappa shape index (κ3) is 2.09. The lowest BCUT2D eigenvalue weighted by atomic mass is 9.82. The lowest BCUT2D eigenvalue weighted by Crippen LogP contribution is -2.31. The summed E-state index contributed by atoms with van der Waals surface area (Å²) >= 11 is 0. The van der Waals surface area contributed by atoms with E-state index in [0.717, 1.165) is 25.7 Å². The van der Waals surface area contributed by atoms with E-state index in [1.807, 2.05) is 0 Å². The minimum Gasteiger partial charge on any atom is -0.510 e. The fourth-order valence-corrected chi connectivity index (χ4v) is 2.29. The van der Waals surface area contributed by atoms with Gasteiger partial charge >= 0.3 is 5.97 Å². The van der Waals surface area contributed by atoms with Crippen LogP contribution in [0.1, 0.15) is 32.6 Å². The van der Waals surface area contributed by atoms with Gasteiger partial charge in [0.2, 0.25) is 0 Å². The Morgan fingerprint density at radius 3 is 3.00 bits per heavy atom. The van der Waals surface area contributed by atoms with E-state index in [0.29, 0.717) is 5.71 Å². The van der Waals surface area contributed by atoms with E-state index in [9.17, 15) is 14.7 Å². The number of aliphatic hydroxyl groups excluding tert-OH is 1. The normalized spacial score (nSPS) is 24.2. The maximum Gasteiger partial charge on any atom is 0.347 e. The first-order valence-corrected chi connectivity index (χ1v) is 5.87. The molecule has 0 aromatic rings. The van der Waals surface area contributed by atoms with Gasteiger partial charge in [-0.3, -0.25) is 4.79 Å². The molecule has 0 aromatic carbocycles. The summed E-state index contributed by atoms with van der Waals surface area (Å²) < 4.78 is 4.76. The summed E-state index contributed by atoms with van der Waals surface area (Å²) in [6.45, 7) is 1.82. The third-order valence-corrected chi connectivity index (χ3v) is 3.10. The molecule has 17 heavy (non-hydrogen) atoms. The molecule has 2 aliphatic rings. The fourth-order valence-electron chi connectivity index (χ4n) is 2.29. The van der Waals surface area contributed by atoms with Gasteiger partial charge in [-0.15, -0.1) is 0 Å². The van der Waals surface area contributed by atoms with Crippen LogP contribution in [0.2, 0.25) is 0 Å². The van der Waals surface area contributed by atoms with Crippen molar-refractivity contribution in [1.82, 2.24) is 0 Å². The predicted molar refractivity (Wildman–Crippen MR) is 60.7 cm³/mol. The molecule has 2 rings (SSSR count). The van der Waals surface area contributed by atoms with Crippen LogP contribution >= 0.6 is 0 Å². The van der Waals surface area contributed by atoms with Crippen LogP contribution in [0, 0.1) is 5.92 Å². The molecule has 0 bridgehead atoms. The van der Waals surface area contributed by atoms with Gasteiger partial charge in [-0.25, -0.2) is 9.79 Å². The van der Waals surface area contributed by atoms with Gasteiger partial charge in [0.05, 0.1) is 12.5 Å². The minimum atomic E-state index is -0.775. The Hall–Kier alpha value is -1.65. The zero-order valence-corrected chi connectivity index (χ0v) is 9.73. The highest BCUT2D eigenvalue weighted by molar-refractivity contribution is 6.22. The van der Waals surface area contributed by atoms with Crippen LogP contribution in [0.15, 0.2) is 16.3 Å². The number of carbonyl (C=O) groups excluding carboxylic acids is 2. The molecule has 1 amide bonds. The van der Waals surface area contributed by atoms with E-state index >= 15 is 0 Å². The summed E-state index contributed by atoms with van der Waals surface area (Å²) in [6, 6.07) is 0. The van der Waals surface area contributed by atoms with Crippen LogP contribution in [-0.4, -0.2) is 29.3 Å². The maximum atomic E-state index is 11.7. The standard InChI is InChI=1S/C12H15NO4/c1-2-17-12(16)9-10(14)7-5-3-4-6-8(7)13-11(9)15/h7,14H,2-6H2,1H3. The molecular formula is C12H15NO4. The van der Waals surface area contributed by atoms with E-state index in [1.165, 1.54) is 0 Å². The number of fused-ring (bicyclic) bond motifs is 1. The Morgan fingerprint density at radius 1 is 1.53 bits per heavy atom. The van der Waals surface area contributed by atoms with Gasteiger partial charge in [0, 0.05) is 5.71 Å². The van der Waals surface area contributed by atoms with E-state index in [1.54, 1.807) is 6.92 Å². The van der Waals surface area contributed by atoms with Crippen LogP contribution in [-0.2, 0) is 14.3 Å². The van der Waals surface area contributed by atoms with Gasteiger partial charge in [0.25, 0.3) is 5.91 Å². The number of nitrogens with zero attached hydrogens (tertiary/aromatic N) is 1. The molecule has 0 saturated heterocycles. The number of carbonyl (C=O) groups is 2. The highest BCUT2D eigenvalue weighted by atomic mass is 16.5. The molecule has 0 spiro atoms. The Kier molecular flexibility index (Phi) is 3.26. The lowest BCUT2D eigenvalue weighted by Gasteiger charge is -2.27. The summed E-state index contributed by atoms with van der Waals surface area (Å²) in [5.74, 6) is -1.86. The van der Waals surface area contributed by atoms with E-state index in [4.69, 9.17) is 4.74 Å². The van der Waals surface area contributed by atoms with Crippen LogP contribution in [0.5, 0.6) is 0 Å². The number of dihydropyridines is 1. The van der Waals surface area contributed by atoms with E-state index in [2.05, 4.69) is 4.99 Å². The molecule has 92 valence electrons. The second-order valence-electron chi connectivity index (χ2n) is 4.19. The SMILES string of the molecule is CCOC(=O)C1=C(O)C2CCCCC2=NC1=O. The minimum absolute atomic E-state index is 0.154. The largest absolute Gasteiger partial charge is 0.510 e. The summed E-state index contributed by atoms with van der Waals surface area (Å²) in [5.41, 5.74) is 0.411. The average molecular weight is 237 g/mol. The summed E-state index contributed by atoms with van der Waals surface area (Å²) in [7, 11) is 0. The first kappa shape index (κ1) is 11.8. The molecule has 1 fully saturated rings. The van der Waals surface area contributed by atoms with Crippen molar-refractivity contribution in [2.24, 2.45) is 10.9 Å². The quantitative estimate of drug-likeness (QED) is 0.583. The Bertz CT molecular complexity index is 422. The van der Waals surface area contributed by atoms with Gasteiger partial charge in [-0.1, -0.05) is 6.42 Å². The van der Waals surface area contributed by atoms with Crippen molar-refractivity contribution in [3.05, 3.63) is 11.3 Å². The molecule has 5 heteroatoms. The molecule has 5 nitrogen and oxygen atoms in total. The van der Waals surface area contributed by atoms with Crippen molar-refractivity contribution in [3.63, 3.8) is 0 Å². The van der Waals surface area contributed by atoms with Gasteiger partial charge in [0.1, 0.15) is 5.76 Å². The number of amides is 1. The van der Waals surface area contributed by atoms with Gasteiger partial charge in [0.15, 0.2) is 5.57 Å². The molecule has 0 radical (unpaired) electrons. The molecule has 1 saturated carbocycles. The number of allylic oxidation sites excluding steroid dienone is 1. The number of hydrogen-bond acceptors (Lipinski definition) is 4. The third-order valence-electron chi connectivity index (χ3n) is 3.10. The van der Waals surface area contributed by atoms with Crippen molar-refractivity contribution >= 4 is 17.6 Å². The van der Waals surface area contributed by atoms with Gasteiger partial charge in [-0.2, -0.15) is 0 Å². The Morgan fingerprint density at radius 2 is 2.29 bits per heavy atom. The van der Waals surface area contributed by atoms with Crippen LogP contribution in [0.4, 0.5) is 0 Å². The molecule has 1 aliphatic carbocycles. The van der Waals surface area contributed by atoms with Crippen molar-refractivity contribution in [2.45, 2.75) is 32.6 Å². The van der Waals surface area contributed by atoms with Crippen molar-refractivity contribution < 1.29 is 19.4 Å². The zero-order valence-electron chi connectivity index (χ0n) is 9.73. The van der Waals surface area contributed by atoms with Crippen LogP contribution in [0.3, 0.4) is 0 Å². The first-order valence-electron chi connectivity index (χ1n) is 5.87. The number of aliphatic hydroxyl groups is 1. The Labute approximate surface area is 99.2 Å². The number of rotatable bonds is 2. The molecular weight excluding hydrogens is 222 g/mol. The highest BCUT2D eigenvalue weighted by Gasteiger charge is 2.36. The molecule has 0 aromatic heterocycles. The molecule has 1 heterocycles. The number of ether oxygens (including phenoxy) is 1. The highest BCUT2D eigenvalue weighted by Crippen LogP contribution is 2.32. The summed E-state index contributed by atoms with van der Waals surface area (Å²) in [6.07, 6.45) is 3.40. The second kappa shape index (κ2) is 4.69. The van der Waals surface area contributed by atoms with Crippen LogP contribution < -0.4 is 0 Å². The fraction of sp³-hybridized carbons (Fsp3) is 0.583. The topological polar surface area (TPSA) is 76.0 Å². The number of hydrogen-bond donors (Lipinski definition) is 1. The summed E-state index contributed by atoms with van der Waals surface area (Å²) in [4.78, 5) is 27.1. The first-order chi connectivity index (χ1) is 8.15. The average Bonchev–Trinajstić information content (AvgIpc) is 2.29. The molecule has 1 atom stereocenters. The maximum absolute atomic E-state index is 11.7. The summed E-state index contributed by atoms with van der Waals surface area (Å²) in [5, 5.41) is 10.0. The predicted octanol–water partition coefficient (Wildman–Crippen LogP) is 1.53. The van der Waals surface area contributed by atoms with Crippen molar-refractivity contribution in [1.29, 1.82) is 0 Å².